The molecule has 2 amide bonds. The fourth-order valence-electron chi connectivity index (χ4n) is 1.86. The van der Waals surface area contributed by atoms with Gasteiger partial charge in [0.05, 0.1) is 12.1 Å². The molecule has 2 rings (SSSR count). The Kier molecular flexibility index (Phi) is 4.47. The van der Waals surface area contributed by atoms with Crippen LogP contribution in [0.5, 0.6) is 0 Å². The van der Waals surface area contributed by atoms with Gasteiger partial charge in [0.1, 0.15) is 13.2 Å². The van der Waals surface area contributed by atoms with E-state index >= 15 is 0 Å². The van der Waals surface area contributed by atoms with Crippen molar-refractivity contribution in [3.8, 4) is 0 Å². The topological polar surface area (TPSA) is 67.9 Å². The standard InChI is InChI=1S/C15H20N2O4/c1-15(2,3)21-10-13(18)16-11-5-4-6-12(9-11)17-7-8-20-14(17)19/h4-6,9H,7-8,10H2,1-3H3,(H,16,18). The molecule has 0 aromatic heterocycles. The van der Waals surface area contributed by atoms with Gasteiger partial charge in [0.25, 0.3) is 0 Å². The second-order valence-electron chi connectivity index (χ2n) is 5.77. The quantitative estimate of drug-likeness (QED) is 0.925. The van der Waals surface area contributed by atoms with Gasteiger partial charge >= 0.3 is 6.09 Å². The summed E-state index contributed by atoms with van der Waals surface area (Å²) in [6, 6.07) is 7.08. The molecule has 0 bridgehead atoms. The SMILES string of the molecule is CC(C)(C)OCC(=O)Nc1cccc(N2CCOC2=O)c1. The highest BCUT2D eigenvalue weighted by Crippen LogP contribution is 2.22. The van der Waals surface area contributed by atoms with E-state index in [-0.39, 0.29) is 24.2 Å². The normalized spacial score (nSPS) is 15.0. The zero-order valence-electron chi connectivity index (χ0n) is 12.5. The molecular weight excluding hydrogens is 272 g/mol. The number of hydrogen-bond acceptors (Lipinski definition) is 4. The zero-order valence-corrected chi connectivity index (χ0v) is 12.5. The largest absolute Gasteiger partial charge is 0.447 e. The number of rotatable bonds is 4. The summed E-state index contributed by atoms with van der Waals surface area (Å²) >= 11 is 0. The van der Waals surface area contributed by atoms with Gasteiger partial charge in [-0.1, -0.05) is 6.07 Å². The molecule has 1 aromatic rings. The average Bonchev–Trinajstić information content (AvgIpc) is 2.82. The van der Waals surface area contributed by atoms with E-state index in [2.05, 4.69) is 5.32 Å². The van der Waals surface area contributed by atoms with Gasteiger partial charge in [0, 0.05) is 11.4 Å². The summed E-state index contributed by atoms with van der Waals surface area (Å²) in [4.78, 5) is 24.9. The van der Waals surface area contributed by atoms with Crippen molar-refractivity contribution >= 4 is 23.4 Å². The molecule has 0 unspecified atom stereocenters. The first-order chi connectivity index (χ1) is 9.85. The third-order valence-corrected chi connectivity index (χ3v) is 2.84. The van der Waals surface area contributed by atoms with Crippen LogP contribution in [0.25, 0.3) is 0 Å². The van der Waals surface area contributed by atoms with E-state index in [9.17, 15) is 9.59 Å². The Morgan fingerprint density at radius 2 is 2.19 bits per heavy atom. The molecule has 1 aliphatic heterocycles. The minimum atomic E-state index is -0.366. The van der Waals surface area contributed by atoms with Crippen LogP contribution in [-0.4, -0.2) is 37.4 Å². The van der Waals surface area contributed by atoms with Gasteiger partial charge in [-0.15, -0.1) is 0 Å². The second-order valence-corrected chi connectivity index (χ2v) is 5.77. The Morgan fingerprint density at radius 3 is 2.81 bits per heavy atom. The third kappa shape index (κ3) is 4.46. The summed E-state index contributed by atoms with van der Waals surface area (Å²) in [5.74, 6) is -0.230. The molecule has 0 saturated carbocycles. The fraction of sp³-hybridized carbons (Fsp3) is 0.467. The van der Waals surface area contributed by atoms with Crippen molar-refractivity contribution in [1.82, 2.24) is 0 Å². The monoisotopic (exact) mass is 292 g/mol. The average molecular weight is 292 g/mol. The van der Waals surface area contributed by atoms with Crippen molar-refractivity contribution < 1.29 is 19.1 Å². The molecule has 0 aliphatic carbocycles. The van der Waals surface area contributed by atoms with E-state index in [1.54, 1.807) is 24.3 Å². The summed E-state index contributed by atoms with van der Waals surface area (Å²) in [5, 5.41) is 2.75. The van der Waals surface area contributed by atoms with Crippen LogP contribution in [0, 0.1) is 0 Å². The van der Waals surface area contributed by atoms with E-state index in [1.165, 1.54) is 4.90 Å². The molecule has 114 valence electrons. The first-order valence-electron chi connectivity index (χ1n) is 6.83. The van der Waals surface area contributed by atoms with E-state index in [0.717, 1.165) is 0 Å². The van der Waals surface area contributed by atoms with E-state index in [0.29, 0.717) is 24.5 Å². The molecule has 6 nitrogen and oxygen atoms in total. The maximum Gasteiger partial charge on any atom is 0.414 e. The zero-order chi connectivity index (χ0) is 15.5. The number of anilines is 2. The number of carbonyl (C=O) groups excluding carboxylic acids is 2. The molecule has 1 heterocycles. The molecule has 1 fully saturated rings. The van der Waals surface area contributed by atoms with Gasteiger partial charge in [-0.25, -0.2) is 4.79 Å². The van der Waals surface area contributed by atoms with Crippen LogP contribution in [0.15, 0.2) is 24.3 Å². The third-order valence-electron chi connectivity index (χ3n) is 2.84. The molecule has 1 aromatic carbocycles. The number of benzene rings is 1. The Morgan fingerprint density at radius 1 is 1.43 bits per heavy atom. The van der Waals surface area contributed by atoms with E-state index < -0.39 is 0 Å². The summed E-state index contributed by atoms with van der Waals surface area (Å²) < 4.78 is 10.3. The number of nitrogens with one attached hydrogen (secondary N) is 1. The molecule has 0 spiro atoms. The lowest BCUT2D eigenvalue weighted by molar-refractivity contribution is -0.125. The number of nitrogens with zero attached hydrogens (tertiary/aromatic N) is 1. The van der Waals surface area contributed by atoms with Crippen molar-refractivity contribution in [2.45, 2.75) is 26.4 Å². The summed E-state index contributed by atoms with van der Waals surface area (Å²) in [6.45, 7) is 6.55. The first-order valence-corrected chi connectivity index (χ1v) is 6.83. The minimum Gasteiger partial charge on any atom is -0.447 e. The molecule has 1 saturated heterocycles. The molecule has 0 atom stereocenters. The lowest BCUT2D eigenvalue weighted by Gasteiger charge is -2.19. The predicted molar refractivity (Wildman–Crippen MR) is 79.5 cm³/mol. The maximum absolute atomic E-state index is 11.8. The highest BCUT2D eigenvalue weighted by atomic mass is 16.6. The Hall–Kier alpha value is -2.08. The number of hydrogen-bond donors (Lipinski definition) is 1. The van der Waals surface area contributed by atoms with Crippen molar-refractivity contribution in [2.75, 3.05) is 30.0 Å². The van der Waals surface area contributed by atoms with Gasteiger partial charge in [0.2, 0.25) is 5.91 Å². The maximum atomic E-state index is 11.8. The minimum absolute atomic E-state index is 0.0144. The Balaban J connectivity index is 1.98. The first kappa shape index (κ1) is 15.3. The van der Waals surface area contributed by atoms with Crippen LogP contribution in [0.2, 0.25) is 0 Å². The fourth-order valence-corrected chi connectivity index (χ4v) is 1.86. The lowest BCUT2D eigenvalue weighted by Crippen LogP contribution is -2.27. The number of amides is 2. The van der Waals surface area contributed by atoms with Gasteiger partial charge in [-0.3, -0.25) is 9.69 Å². The summed E-state index contributed by atoms with van der Waals surface area (Å²) in [7, 11) is 0. The highest BCUT2D eigenvalue weighted by molar-refractivity contribution is 5.94. The Bertz CT molecular complexity index is 537. The highest BCUT2D eigenvalue weighted by Gasteiger charge is 2.23. The molecule has 21 heavy (non-hydrogen) atoms. The molecule has 1 N–H and O–H groups in total. The molecule has 1 aliphatic rings. The molecule has 6 heteroatoms. The predicted octanol–water partition coefficient (Wildman–Crippen LogP) is 2.40. The van der Waals surface area contributed by atoms with Crippen molar-refractivity contribution in [2.24, 2.45) is 0 Å². The smallest absolute Gasteiger partial charge is 0.414 e. The van der Waals surface area contributed by atoms with Crippen molar-refractivity contribution in [3.63, 3.8) is 0 Å². The number of carbonyl (C=O) groups is 2. The van der Waals surface area contributed by atoms with Crippen LogP contribution in [-0.2, 0) is 14.3 Å². The Labute approximate surface area is 124 Å². The van der Waals surface area contributed by atoms with E-state index in [1.807, 2.05) is 20.8 Å². The number of ether oxygens (including phenoxy) is 2. The van der Waals surface area contributed by atoms with Crippen LogP contribution in [0.1, 0.15) is 20.8 Å². The summed E-state index contributed by atoms with van der Waals surface area (Å²) in [6.07, 6.45) is -0.366. The van der Waals surface area contributed by atoms with Crippen molar-refractivity contribution in [1.29, 1.82) is 0 Å². The van der Waals surface area contributed by atoms with Gasteiger partial charge in [-0.2, -0.15) is 0 Å². The second kappa shape index (κ2) is 6.13. The van der Waals surface area contributed by atoms with Gasteiger partial charge < -0.3 is 14.8 Å². The van der Waals surface area contributed by atoms with Gasteiger partial charge in [0.15, 0.2) is 0 Å². The van der Waals surface area contributed by atoms with Crippen LogP contribution < -0.4 is 10.2 Å². The lowest BCUT2D eigenvalue weighted by atomic mass is 10.2. The number of cyclic esters (lactones) is 1. The van der Waals surface area contributed by atoms with Crippen LogP contribution >= 0.6 is 0 Å². The molecular formula is C15H20N2O4. The van der Waals surface area contributed by atoms with Gasteiger partial charge in [-0.05, 0) is 39.0 Å². The molecule has 0 radical (unpaired) electrons. The van der Waals surface area contributed by atoms with Crippen molar-refractivity contribution in [3.05, 3.63) is 24.3 Å². The van der Waals surface area contributed by atoms with E-state index in [4.69, 9.17) is 9.47 Å². The summed E-state index contributed by atoms with van der Waals surface area (Å²) in [5.41, 5.74) is 0.958. The van der Waals surface area contributed by atoms with Crippen LogP contribution in [0.4, 0.5) is 16.2 Å². The van der Waals surface area contributed by atoms with Crippen LogP contribution in [0.3, 0.4) is 0 Å².